The zero-order chi connectivity index (χ0) is 20.3. The lowest BCUT2D eigenvalue weighted by molar-refractivity contribution is -0.384. The SMILES string of the molecule is Cc1nc(NC(=O)C(C)N)sc1-c1ccnc(Nc2cccc([N+](=O)[O-])c2)n1. The Morgan fingerprint density at radius 2 is 2.11 bits per heavy atom. The summed E-state index contributed by atoms with van der Waals surface area (Å²) in [5.41, 5.74) is 7.33. The number of carbonyl (C=O) groups is 1. The van der Waals surface area contributed by atoms with Crippen LogP contribution in [0.4, 0.5) is 22.5 Å². The quantitative estimate of drug-likeness (QED) is 0.423. The first-order chi connectivity index (χ1) is 13.3. The van der Waals surface area contributed by atoms with Gasteiger partial charge < -0.3 is 16.4 Å². The van der Waals surface area contributed by atoms with Crippen molar-refractivity contribution in [3.8, 4) is 10.6 Å². The predicted molar refractivity (Wildman–Crippen MR) is 107 cm³/mol. The smallest absolute Gasteiger partial charge is 0.271 e. The highest BCUT2D eigenvalue weighted by Crippen LogP contribution is 2.32. The Morgan fingerprint density at radius 3 is 2.82 bits per heavy atom. The van der Waals surface area contributed by atoms with Crippen molar-refractivity contribution in [1.82, 2.24) is 15.0 Å². The summed E-state index contributed by atoms with van der Waals surface area (Å²) in [6, 6.07) is 7.14. The molecule has 1 amide bonds. The molecule has 0 spiro atoms. The molecule has 0 fully saturated rings. The van der Waals surface area contributed by atoms with Crippen molar-refractivity contribution in [3.05, 3.63) is 52.3 Å². The molecule has 4 N–H and O–H groups in total. The highest BCUT2D eigenvalue weighted by atomic mass is 32.1. The van der Waals surface area contributed by atoms with E-state index in [-0.39, 0.29) is 17.5 Å². The van der Waals surface area contributed by atoms with Crippen LogP contribution in [0.3, 0.4) is 0 Å². The molecule has 0 aliphatic heterocycles. The number of hydrogen-bond donors (Lipinski definition) is 3. The van der Waals surface area contributed by atoms with Crippen molar-refractivity contribution < 1.29 is 9.72 Å². The summed E-state index contributed by atoms with van der Waals surface area (Å²) < 4.78 is 0. The summed E-state index contributed by atoms with van der Waals surface area (Å²) in [7, 11) is 0. The Morgan fingerprint density at radius 1 is 1.32 bits per heavy atom. The van der Waals surface area contributed by atoms with E-state index < -0.39 is 11.0 Å². The maximum absolute atomic E-state index is 11.7. The second-order valence-corrected chi connectivity index (χ2v) is 6.91. The number of non-ortho nitro benzene ring substituents is 1. The maximum Gasteiger partial charge on any atom is 0.271 e. The second kappa shape index (κ2) is 8.06. The maximum atomic E-state index is 11.7. The third-order valence-electron chi connectivity index (χ3n) is 3.64. The molecule has 144 valence electrons. The molecule has 0 radical (unpaired) electrons. The predicted octanol–water partition coefficient (Wildman–Crippen LogP) is 2.85. The minimum atomic E-state index is -0.641. The van der Waals surface area contributed by atoms with Gasteiger partial charge in [-0.25, -0.2) is 15.0 Å². The first kappa shape index (κ1) is 19.3. The van der Waals surface area contributed by atoms with Crippen LogP contribution in [-0.4, -0.2) is 31.8 Å². The zero-order valence-electron chi connectivity index (χ0n) is 15.0. The van der Waals surface area contributed by atoms with Crippen molar-refractivity contribution in [3.63, 3.8) is 0 Å². The van der Waals surface area contributed by atoms with Gasteiger partial charge in [-0.1, -0.05) is 17.4 Å². The van der Waals surface area contributed by atoms with E-state index >= 15 is 0 Å². The number of thiazole rings is 1. The average molecular weight is 399 g/mol. The molecule has 0 bridgehead atoms. The van der Waals surface area contributed by atoms with Crippen LogP contribution in [0.1, 0.15) is 12.6 Å². The molecule has 1 aromatic carbocycles. The number of amides is 1. The third-order valence-corrected chi connectivity index (χ3v) is 4.74. The number of rotatable bonds is 6. The van der Waals surface area contributed by atoms with Gasteiger partial charge in [-0.15, -0.1) is 0 Å². The molecule has 1 atom stereocenters. The number of nitrogens with zero attached hydrogens (tertiary/aromatic N) is 4. The van der Waals surface area contributed by atoms with Gasteiger partial charge in [0.2, 0.25) is 11.9 Å². The number of carbonyl (C=O) groups excluding carboxylic acids is 1. The van der Waals surface area contributed by atoms with Crippen LogP contribution in [0.5, 0.6) is 0 Å². The molecule has 0 saturated heterocycles. The summed E-state index contributed by atoms with van der Waals surface area (Å²) in [6.07, 6.45) is 1.57. The molecular formula is C17H17N7O3S. The number of aryl methyl sites for hydroxylation is 1. The van der Waals surface area contributed by atoms with E-state index in [4.69, 9.17) is 5.73 Å². The lowest BCUT2D eigenvalue weighted by Gasteiger charge is -2.06. The monoisotopic (exact) mass is 399 g/mol. The lowest BCUT2D eigenvalue weighted by atomic mass is 10.3. The average Bonchev–Trinajstić information content (AvgIpc) is 3.02. The van der Waals surface area contributed by atoms with Crippen LogP contribution < -0.4 is 16.4 Å². The van der Waals surface area contributed by atoms with E-state index in [0.717, 1.165) is 4.88 Å². The summed E-state index contributed by atoms with van der Waals surface area (Å²) in [4.78, 5) is 35.9. The molecular weight excluding hydrogens is 382 g/mol. The number of anilines is 3. The van der Waals surface area contributed by atoms with Crippen LogP contribution in [0.15, 0.2) is 36.5 Å². The number of hydrogen-bond acceptors (Lipinski definition) is 9. The molecule has 0 aliphatic rings. The van der Waals surface area contributed by atoms with Crippen molar-refractivity contribution in [2.24, 2.45) is 5.73 Å². The lowest BCUT2D eigenvalue weighted by Crippen LogP contribution is -2.32. The fourth-order valence-electron chi connectivity index (χ4n) is 2.28. The number of nitrogens with one attached hydrogen (secondary N) is 2. The van der Waals surface area contributed by atoms with Crippen molar-refractivity contribution in [1.29, 1.82) is 0 Å². The van der Waals surface area contributed by atoms with E-state index in [1.54, 1.807) is 31.3 Å². The number of benzene rings is 1. The fourth-order valence-corrected chi connectivity index (χ4v) is 3.22. The highest BCUT2D eigenvalue weighted by Gasteiger charge is 2.15. The van der Waals surface area contributed by atoms with Gasteiger partial charge in [-0.3, -0.25) is 14.9 Å². The molecule has 10 nitrogen and oxygen atoms in total. The number of nitrogens with two attached hydrogens (primary N) is 1. The van der Waals surface area contributed by atoms with Crippen LogP contribution in [0.2, 0.25) is 0 Å². The number of nitro benzene ring substituents is 1. The summed E-state index contributed by atoms with van der Waals surface area (Å²) in [5.74, 6) is -0.0389. The first-order valence-electron chi connectivity index (χ1n) is 8.22. The van der Waals surface area contributed by atoms with Gasteiger partial charge in [0.15, 0.2) is 5.13 Å². The Balaban J connectivity index is 1.84. The van der Waals surface area contributed by atoms with E-state index in [9.17, 15) is 14.9 Å². The number of nitro groups is 1. The molecule has 11 heteroatoms. The van der Waals surface area contributed by atoms with Gasteiger partial charge in [0.25, 0.3) is 5.69 Å². The largest absolute Gasteiger partial charge is 0.324 e. The molecule has 1 unspecified atom stereocenters. The van der Waals surface area contributed by atoms with Gasteiger partial charge >= 0.3 is 0 Å². The van der Waals surface area contributed by atoms with Crippen molar-refractivity contribution >= 4 is 39.7 Å². The minimum absolute atomic E-state index is 0.0334. The molecule has 3 rings (SSSR count). The van der Waals surface area contributed by atoms with Crippen molar-refractivity contribution in [2.75, 3.05) is 10.6 Å². The van der Waals surface area contributed by atoms with Crippen molar-refractivity contribution in [2.45, 2.75) is 19.9 Å². The minimum Gasteiger partial charge on any atom is -0.324 e. The molecule has 0 aliphatic carbocycles. The Hall–Kier alpha value is -3.44. The second-order valence-electron chi connectivity index (χ2n) is 5.91. The van der Waals surface area contributed by atoms with Gasteiger partial charge in [0, 0.05) is 24.0 Å². The highest BCUT2D eigenvalue weighted by molar-refractivity contribution is 7.19. The van der Waals surface area contributed by atoms with Gasteiger partial charge in [0.1, 0.15) is 0 Å². The molecule has 0 saturated carbocycles. The summed E-state index contributed by atoms with van der Waals surface area (Å²) in [5, 5.41) is 17.0. The van der Waals surface area contributed by atoms with Crippen LogP contribution >= 0.6 is 11.3 Å². The molecule has 28 heavy (non-hydrogen) atoms. The van der Waals surface area contributed by atoms with Gasteiger partial charge in [0.05, 0.1) is 27.2 Å². The Labute approximate surface area is 164 Å². The van der Waals surface area contributed by atoms with Crippen LogP contribution in [0.25, 0.3) is 10.6 Å². The molecule has 2 aromatic heterocycles. The van der Waals surface area contributed by atoms with E-state index in [1.807, 2.05) is 6.92 Å². The normalized spacial score (nSPS) is 11.7. The third kappa shape index (κ3) is 4.45. The standard InChI is InChI=1S/C17H17N7O3S/c1-9(18)15(25)23-17-20-10(2)14(28-17)13-6-7-19-16(22-13)21-11-4-3-5-12(8-11)24(26)27/h3-9H,18H2,1-2H3,(H,19,21,22)(H,20,23,25). The zero-order valence-corrected chi connectivity index (χ0v) is 15.9. The van der Waals surface area contributed by atoms with E-state index in [0.29, 0.717) is 22.2 Å². The Kier molecular flexibility index (Phi) is 5.57. The number of aromatic nitrogens is 3. The van der Waals surface area contributed by atoms with E-state index in [1.165, 1.54) is 23.5 Å². The first-order valence-corrected chi connectivity index (χ1v) is 9.04. The van der Waals surface area contributed by atoms with Crippen LogP contribution in [-0.2, 0) is 4.79 Å². The van der Waals surface area contributed by atoms with Gasteiger partial charge in [-0.05, 0) is 26.0 Å². The topological polar surface area (TPSA) is 149 Å². The molecule has 3 aromatic rings. The molecule has 2 heterocycles. The summed E-state index contributed by atoms with van der Waals surface area (Å²) >= 11 is 1.27. The fraction of sp³-hybridized carbons (Fsp3) is 0.176. The Bertz CT molecular complexity index is 1040. The van der Waals surface area contributed by atoms with E-state index in [2.05, 4.69) is 25.6 Å². The van der Waals surface area contributed by atoms with Gasteiger partial charge in [-0.2, -0.15) is 0 Å². The summed E-state index contributed by atoms with van der Waals surface area (Å²) in [6.45, 7) is 3.40. The van der Waals surface area contributed by atoms with Crippen LogP contribution in [0, 0.1) is 17.0 Å².